The van der Waals surface area contributed by atoms with Gasteiger partial charge in [-0.25, -0.2) is 4.68 Å². The number of nitrogens with zero attached hydrogens (tertiary/aromatic N) is 3. The molecule has 0 aliphatic carbocycles. The molecule has 0 aliphatic rings. The molecule has 0 amide bonds. The number of rotatable bonds is 5. The van der Waals surface area contributed by atoms with Crippen LogP contribution in [0, 0.1) is 0 Å². The number of hydrogen-bond donors (Lipinski definition) is 1. The van der Waals surface area contributed by atoms with E-state index >= 15 is 0 Å². The largest absolute Gasteiger partial charge is 0.468 e. The molecule has 0 fully saturated rings. The lowest BCUT2D eigenvalue weighted by atomic mass is 10.1. The Kier molecular flexibility index (Phi) is 4.59. The van der Waals surface area contributed by atoms with E-state index in [9.17, 15) is 4.79 Å². The minimum absolute atomic E-state index is 0.326. The maximum Gasteiger partial charge on any atom is 0.325 e. The Morgan fingerprint density at radius 3 is 2.67 bits per heavy atom. The average molecular weight is 309 g/mol. The van der Waals surface area contributed by atoms with Crippen molar-refractivity contribution in [3.63, 3.8) is 0 Å². The van der Waals surface area contributed by atoms with E-state index in [0.29, 0.717) is 11.6 Å². The van der Waals surface area contributed by atoms with E-state index in [4.69, 9.17) is 16.3 Å². The fourth-order valence-corrected chi connectivity index (χ4v) is 1.86. The first-order valence-corrected chi connectivity index (χ1v) is 6.81. The lowest BCUT2D eigenvalue weighted by Gasteiger charge is -2.22. The highest BCUT2D eigenvalue weighted by atomic mass is 35.5. The van der Waals surface area contributed by atoms with Gasteiger partial charge in [0.05, 0.1) is 24.7 Å². The van der Waals surface area contributed by atoms with Crippen molar-refractivity contribution in [3.8, 4) is 5.69 Å². The smallest absolute Gasteiger partial charge is 0.325 e. The van der Waals surface area contributed by atoms with Crippen molar-refractivity contribution in [2.45, 2.75) is 25.9 Å². The summed E-state index contributed by atoms with van der Waals surface area (Å²) in [6, 6.07) is 7.28. The molecule has 0 unspecified atom stereocenters. The lowest BCUT2D eigenvalue weighted by Crippen LogP contribution is -2.47. The van der Waals surface area contributed by atoms with E-state index < -0.39 is 5.54 Å². The zero-order valence-electron chi connectivity index (χ0n) is 12.1. The molecule has 0 aliphatic heterocycles. The number of carbonyl (C=O) groups is 1. The molecule has 21 heavy (non-hydrogen) atoms. The van der Waals surface area contributed by atoms with Gasteiger partial charge in [0, 0.05) is 11.6 Å². The molecule has 0 saturated carbocycles. The van der Waals surface area contributed by atoms with Crippen molar-refractivity contribution < 1.29 is 9.53 Å². The highest BCUT2D eigenvalue weighted by molar-refractivity contribution is 6.30. The monoisotopic (exact) mass is 308 g/mol. The normalized spacial score (nSPS) is 11.4. The van der Waals surface area contributed by atoms with E-state index in [2.05, 4.69) is 15.6 Å². The molecule has 2 aromatic rings. The van der Waals surface area contributed by atoms with Crippen LogP contribution < -0.4 is 5.32 Å². The molecule has 112 valence electrons. The van der Waals surface area contributed by atoms with Crippen LogP contribution in [0.3, 0.4) is 0 Å². The van der Waals surface area contributed by atoms with Crippen LogP contribution in [-0.2, 0) is 16.1 Å². The summed E-state index contributed by atoms with van der Waals surface area (Å²) in [5, 5.41) is 11.9. The van der Waals surface area contributed by atoms with Gasteiger partial charge >= 0.3 is 5.97 Å². The summed E-state index contributed by atoms with van der Waals surface area (Å²) < 4.78 is 6.39. The van der Waals surface area contributed by atoms with Crippen molar-refractivity contribution in [2.24, 2.45) is 0 Å². The second-order valence-electron chi connectivity index (χ2n) is 5.10. The Morgan fingerprint density at radius 2 is 2.05 bits per heavy atom. The Hall–Kier alpha value is -1.92. The Bertz CT molecular complexity index is 622. The van der Waals surface area contributed by atoms with Gasteiger partial charge in [-0.2, -0.15) is 0 Å². The van der Waals surface area contributed by atoms with E-state index in [-0.39, 0.29) is 5.97 Å². The molecule has 0 atom stereocenters. The highest BCUT2D eigenvalue weighted by Crippen LogP contribution is 2.13. The first-order valence-electron chi connectivity index (χ1n) is 6.43. The third kappa shape index (κ3) is 3.80. The summed E-state index contributed by atoms with van der Waals surface area (Å²) >= 11 is 5.85. The predicted molar refractivity (Wildman–Crippen MR) is 79.3 cm³/mol. The zero-order chi connectivity index (χ0) is 15.5. The SMILES string of the molecule is COC(=O)C(C)(C)NCc1cn(-c2ccc(Cl)cc2)nn1. The molecule has 0 radical (unpaired) electrons. The summed E-state index contributed by atoms with van der Waals surface area (Å²) in [5.41, 5.74) is 0.811. The highest BCUT2D eigenvalue weighted by Gasteiger charge is 2.28. The van der Waals surface area contributed by atoms with Crippen LogP contribution >= 0.6 is 11.6 Å². The average Bonchev–Trinajstić information content (AvgIpc) is 2.94. The van der Waals surface area contributed by atoms with Gasteiger partial charge in [-0.05, 0) is 38.1 Å². The van der Waals surface area contributed by atoms with Crippen molar-refractivity contribution in [1.29, 1.82) is 0 Å². The number of halogens is 1. The lowest BCUT2D eigenvalue weighted by molar-refractivity contribution is -0.147. The number of hydrogen-bond acceptors (Lipinski definition) is 5. The molecule has 0 spiro atoms. The molecule has 0 bridgehead atoms. The van der Waals surface area contributed by atoms with Crippen LogP contribution in [-0.4, -0.2) is 33.6 Å². The minimum Gasteiger partial charge on any atom is -0.468 e. The van der Waals surface area contributed by atoms with Crippen LogP contribution in [0.15, 0.2) is 30.5 Å². The molecule has 7 heteroatoms. The Labute approximate surface area is 128 Å². The van der Waals surface area contributed by atoms with E-state index in [0.717, 1.165) is 11.4 Å². The van der Waals surface area contributed by atoms with Gasteiger partial charge in [-0.15, -0.1) is 5.10 Å². The third-order valence-electron chi connectivity index (χ3n) is 3.04. The maximum atomic E-state index is 11.6. The maximum absolute atomic E-state index is 11.6. The van der Waals surface area contributed by atoms with Gasteiger partial charge < -0.3 is 4.74 Å². The Balaban J connectivity index is 2.04. The molecular formula is C14H17ClN4O2. The number of esters is 1. The van der Waals surface area contributed by atoms with Crippen LogP contribution in [0.5, 0.6) is 0 Å². The summed E-state index contributed by atoms with van der Waals surface area (Å²) in [6.07, 6.45) is 1.80. The van der Waals surface area contributed by atoms with Crippen LogP contribution in [0.2, 0.25) is 5.02 Å². The molecule has 1 N–H and O–H groups in total. The summed E-state index contributed by atoms with van der Waals surface area (Å²) in [4.78, 5) is 11.6. The number of methoxy groups -OCH3 is 1. The predicted octanol–water partition coefficient (Wildman–Crippen LogP) is 1.96. The minimum atomic E-state index is -0.779. The fraction of sp³-hybridized carbons (Fsp3) is 0.357. The Morgan fingerprint density at radius 1 is 1.38 bits per heavy atom. The van der Waals surface area contributed by atoms with Crippen molar-refractivity contribution >= 4 is 17.6 Å². The van der Waals surface area contributed by atoms with Gasteiger partial charge in [-0.1, -0.05) is 16.8 Å². The summed E-state index contributed by atoms with van der Waals surface area (Å²) in [6.45, 7) is 3.92. The van der Waals surface area contributed by atoms with Crippen LogP contribution in [0.4, 0.5) is 0 Å². The first-order chi connectivity index (χ1) is 9.92. The third-order valence-corrected chi connectivity index (χ3v) is 3.29. The van der Waals surface area contributed by atoms with Gasteiger partial charge in [0.1, 0.15) is 5.54 Å². The van der Waals surface area contributed by atoms with Gasteiger partial charge in [-0.3, -0.25) is 10.1 Å². The van der Waals surface area contributed by atoms with Crippen molar-refractivity contribution in [3.05, 3.63) is 41.2 Å². The van der Waals surface area contributed by atoms with Gasteiger partial charge in [0.25, 0.3) is 0 Å². The van der Waals surface area contributed by atoms with Crippen LogP contribution in [0.1, 0.15) is 19.5 Å². The quantitative estimate of drug-likeness (QED) is 0.855. The first kappa shape index (κ1) is 15.5. The molecular weight excluding hydrogens is 292 g/mol. The summed E-state index contributed by atoms with van der Waals surface area (Å²) in [7, 11) is 1.36. The fourth-order valence-electron chi connectivity index (χ4n) is 1.74. The zero-order valence-corrected chi connectivity index (χ0v) is 12.9. The second kappa shape index (κ2) is 6.24. The summed E-state index contributed by atoms with van der Waals surface area (Å²) in [5.74, 6) is -0.326. The van der Waals surface area contributed by atoms with Crippen molar-refractivity contribution in [2.75, 3.05) is 7.11 Å². The van der Waals surface area contributed by atoms with E-state index in [1.54, 1.807) is 36.9 Å². The number of carbonyl (C=O) groups excluding carboxylic acids is 1. The van der Waals surface area contributed by atoms with Crippen LogP contribution in [0.25, 0.3) is 5.69 Å². The topological polar surface area (TPSA) is 69.0 Å². The number of ether oxygens (including phenoxy) is 1. The molecule has 1 heterocycles. The van der Waals surface area contributed by atoms with E-state index in [1.807, 2.05) is 12.1 Å². The standard InChI is InChI=1S/C14H17ClN4O2/c1-14(2,13(20)21-3)16-8-11-9-19(18-17-11)12-6-4-10(15)5-7-12/h4-7,9,16H,8H2,1-3H3. The number of nitrogens with one attached hydrogen (secondary N) is 1. The van der Waals surface area contributed by atoms with Gasteiger partial charge in [0.15, 0.2) is 0 Å². The van der Waals surface area contributed by atoms with Crippen molar-refractivity contribution in [1.82, 2.24) is 20.3 Å². The molecule has 1 aromatic heterocycles. The van der Waals surface area contributed by atoms with Gasteiger partial charge in [0.2, 0.25) is 0 Å². The molecule has 6 nitrogen and oxygen atoms in total. The molecule has 2 rings (SSSR count). The molecule has 0 saturated heterocycles. The van der Waals surface area contributed by atoms with E-state index in [1.165, 1.54) is 7.11 Å². The second-order valence-corrected chi connectivity index (χ2v) is 5.54. The number of benzene rings is 1. The molecule has 1 aromatic carbocycles. The number of aromatic nitrogens is 3.